The number of carbonyl (C=O) groups excluding carboxylic acids is 3. The van der Waals surface area contributed by atoms with Crippen LogP contribution in [-0.4, -0.2) is 75.1 Å². The summed E-state index contributed by atoms with van der Waals surface area (Å²) in [6, 6.07) is -5.24. The smallest absolute Gasteiger partial charge is 0.326 e. The maximum Gasteiger partial charge on any atom is 0.326 e. The molecule has 0 aliphatic rings. The first kappa shape index (κ1) is 27.8. The highest BCUT2D eigenvalue weighted by Gasteiger charge is 2.32. The molecule has 13 heteroatoms. The molecule has 0 heterocycles. The van der Waals surface area contributed by atoms with Gasteiger partial charge in [-0.05, 0) is 19.3 Å². The Kier molecular flexibility index (Phi) is 11.8. The summed E-state index contributed by atoms with van der Waals surface area (Å²) in [5, 5.41) is 33.5. The zero-order chi connectivity index (χ0) is 24.3. The Balaban J connectivity index is 5.57. The lowest BCUT2D eigenvalue weighted by molar-refractivity contribution is -0.147. The molecule has 176 valence electrons. The van der Waals surface area contributed by atoms with Gasteiger partial charge >= 0.3 is 17.9 Å². The van der Waals surface area contributed by atoms with Crippen molar-refractivity contribution in [1.29, 1.82) is 0 Å². The van der Waals surface area contributed by atoms with E-state index < -0.39 is 72.6 Å². The zero-order valence-corrected chi connectivity index (χ0v) is 17.6. The Morgan fingerprint density at radius 2 is 1.35 bits per heavy atom. The van der Waals surface area contributed by atoms with E-state index in [1.807, 2.05) is 5.32 Å². The fraction of sp³-hybridized carbons (Fsp3) is 0.667. The van der Waals surface area contributed by atoms with E-state index in [1.54, 1.807) is 13.8 Å². The van der Waals surface area contributed by atoms with Gasteiger partial charge in [-0.3, -0.25) is 24.0 Å². The van der Waals surface area contributed by atoms with E-state index in [1.165, 1.54) is 6.92 Å². The van der Waals surface area contributed by atoms with E-state index in [0.717, 1.165) is 0 Å². The SMILES string of the molecule is CCC(C)C(NC(=O)C(C)N)C(=O)NC(CCC(=O)O)C(=O)NC(CC(=O)O)C(=O)O. The molecule has 0 spiro atoms. The second-order valence-electron chi connectivity index (χ2n) is 7.15. The summed E-state index contributed by atoms with van der Waals surface area (Å²) in [7, 11) is 0. The summed E-state index contributed by atoms with van der Waals surface area (Å²) >= 11 is 0. The van der Waals surface area contributed by atoms with Gasteiger partial charge in [-0.2, -0.15) is 0 Å². The topological polar surface area (TPSA) is 225 Å². The van der Waals surface area contributed by atoms with Crippen LogP contribution in [0, 0.1) is 5.92 Å². The van der Waals surface area contributed by atoms with Crippen LogP contribution in [-0.2, 0) is 28.8 Å². The highest BCUT2D eigenvalue weighted by molar-refractivity contribution is 5.94. The van der Waals surface area contributed by atoms with Crippen molar-refractivity contribution in [3.63, 3.8) is 0 Å². The van der Waals surface area contributed by atoms with Gasteiger partial charge < -0.3 is 37.0 Å². The van der Waals surface area contributed by atoms with Gasteiger partial charge in [0.05, 0.1) is 12.5 Å². The highest BCUT2D eigenvalue weighted by Crippen LogP contribution is 2.10. The van der Waals surface area contributed by atoms with Gasteiger partial charge in [-0.1, -0.05) is 20.3 Å². The third-order valence-corrected chi connectivity index (χ3v) is 4.48. The Morgan fingerprint density at radius 3 is 1.77 bits per heavy atom. The summed E-state index contributed by atoms with van der Waals surface area (Å²) in [6.45, 7) is 4.85. The van der Waals surface area contributed by atoms with E-state index in [-0.39, 0.29) is 12.3 Å². The van der Waals surface area contributed by atoms with Crippen LogP contribution >= 0.6 is 0 Å². The number of hydrogen-bond acceptors (Lipinski definition) is 7. The Bertz CT molecular complexity index is 696. The van der Waals surface area contributed by atoms with Crippen LogP contribution in [0.1, 0.15) is 46.5 Å². The molecular formula is C18H30N4O9. The van der Waals surface area contributed by atoms with E-state index in [0.29, 0.717) is 6.42 Å². The average molecular weight is 446 g/mol. The number of carbonyl (C=O) groups is 6. The lowest BCUT2D eigenvalue weighted by Gasteiger charge is -2.27. The van der Waals surface area contributed by atoms with Crippen molar-refractivity contribution in [3.05, 3.63) is 0 Å². The number of nitrogens with one attached hydrogen (secondary N) is 3. The van der Waals surface area contributed by atoms with E-state index in [2.05, 4.69) is 10.6 Å². The second-order valence-corrected chi connectivity index (χ2v) is 7.15. The monoisotopic (exact) mass is 446 g/mol. The van der Waals surface area contributed by atoms with Crippen molar-refractivity contribution in [1.82, 2.24) is 16.0 Å². The summed E-state index contributed by atoms with van der Waals surface area (Å²) < 4.78 is 0. The van der Waals surface area contributed by atoms with Gasteiger partial charge in [0.25, 0.3) is 0 Å². The van der Waals surface area contributed by atoms with Crippen molar-refractivity contribution in [2.75, 3.05) is 0 Å². The number of hydrogen-bond donors (Lipinski definition) is 7. The van der Waals surface area contributed by atoms with Crippen LogP contribution in [0.4, 0.5) is 0 Å². The number of rotatable bonds is 14. The van der Waals surface area contributed by atoms with Crippen molar-refractivity contribution in [2.24, 2.45) is 11.7 Å². The quantitative estimate of drug-likeness (QED) is 0.159. The summed E-state index contributed by atoms with van der Waals surface area (Å²) in [4.78, 5) is 70.1. The highest BCUT2D eigenvalue weighted by atomic mass is 16.4. The number of aliphatic carboxylic acids is 3. The molecule has 3 amide bonds. The van der Waals surface area contributed by atoms with Crippen LogP contribution in [0.2, 0.25) is 0 Å². The zero-order valence-electron chi connectivity index (χ0n) is 17.6. The molecular weight excluding hydrogens is 416 g/mol. The summed E-state index contributed by atoms with van der Waals surface area (Å²) in [6.07, 6.45) is -1.36. The third kappa shape index (κ3) is 10.4. The largest absolute Gasteiger partial charge is 0.481 e. The molecule has 0 aromatic rings. The number of amides is 3. The molecule has 0 saturated heterocycles. The van der Waals surface area contributed by atoms with Gasteiger partial charge in [0, 0.05) is 6.42 Å². The Hall–Kier alpha value is -3.22. The first-order valence-corrected chi connectivity index (χ1v) is 9.63. The molecule has 5 unspecified atom stereocenters. The predicted octanol–water partition coefficient (Wildman–Crippen LogP) is -1.74. The van der Waals surface area contributed by atoms with Crippen LogP contribution in [0.5, 0.6) is 0 Å². The lowest BCUT2D eigenvalue weighted by Crippen LogP contribution is -2.58. The predicted molar refractivity (Wildman–Crippen MR) is 106 cm³/mol. The fourth-order valence-corrected chi connectivity index (χ4v) is 2.43. The standard InChI is InChI=1S/C18H30N4O9/c1-4-8(2)14(22-15(27)9(3)19)17(29)20-10(5-6-12(23)24)16(28)21-11(18(30)31)7-13(25)26/h8-11,14H,4-7,19H2,1-3H3,(H,20,29)(H,21,28)(H,22,27)(H,23,24)(H,25,26)(H,30,31). The average Bonchev–Trinajstić information content (AvgIpc) is 2.66. The molecule has 0 aromatic carbocycles. The van der Waals surface area contributed by atoms with Gasteiger partial charge in [-0.15, -0.1) is 0 Å². The molecule has 13 nitrogen and oxygen atoms in total. The Morgan fingerprint density at radius 1 is 0.806 bits per heavy atom. The molecule has 0 aliphatic carbocycles. The molecule has 0 fully saturated rings. The first-order chi connectivity index (χ1) is 14.3. The van der Waals surface area contributed by atoms with Gasteiger partial charge in [-0.25, -0.2) is 4.79 Å². The molecule has 0 radical (unpaired) electrons. The molecule has 5 atom stereocenters. The molecule has 0 rings (SSSR count). The molecule has 0 bridgehead atoms. The normalized spacial score (nSPS) is 15.5. The summed E-state index contributed by atoms with van der Waals surface area (Å²) in [5.41, 5.74) is 5.50. The maximum absolute atomic E-state index is 12.8. The minimum Gasteiger partial charge on any atom is -0.481 e. The number of carboxylic acids is 3. The van der Waals surface area contributed by atoms with E-state index >= 15 is 0 Å². The van der Waals surface area contributed by atoms with Crippen molar-refractivity contribution in [3.8, 4) is 0 Å². The number of carboxylic acid groups (broad SMARTS) is 3. The third-order valence-electron chi connectivity index (χ3n) is 4.48. The summed E-state index contributed by atoms with van der Waals surface area (Å²) in [5.74, 6) is -7.20. The van der Waals surface area contributed by atoms with E-state index in [4.69, 9.17) is 21.1 Å². The van der Waals surface area contributed by atoms with Crippen molar-refractivity contribution in [2.45, 2.75) is 70.6 Å². The molecule has 31 heavy (non-hydrogen) atoms. The molecule has 0 saturated carbocycles. The van der Waals surface area contributed by atoms with Gasteiger partial charge in [0.2, 0.25) is 17.7 Å². The van der Waals surface area contributed by atoms with Crippen LogP contribution < -0.4 is 21.7 Å². The van der Waals surface area contributed by atoms with Crippen molar-refractivity contribution < 1.29 is 44.1 Å². The second kappa shape index (κ2) is 13.2. The van der Waals surface area contributed by atoms with Crippen LogP contribution in [0.15, 0.2) is 0 Å². The Labute approximate surface area is 178 Å². The minimum absolute atomic E-state index is 0.371. The molecule has 0 aliphatic heterocycles. The van der Waals surface area contributed by atoms with Crippen molar-refractivity contribution >= 4 is 35.6 Å². The maximum atomic E-state index is 12.8. The lowest BCUT2D eigenvalue weighted by atomic mass is 9.97. The number of nitrogens with two attached hydrogens (primary N) is 1. The van der Waals surface area contributed by atoms with Gasteiger partial charge in [0.1, 0.15) is 18.1 Å². The molecule has 8 N–H and O–H groups in total. The van der Waals surface area contributed by atoms with Gasteiger partial charge in [0.15, 0.2) is 0 Å². The minimum atomic E-state index is -1.78. The molecule has 0 aromatic heterocycles. The van der Waals surface area contributed by atoms with Crippen LogP contribution in [0.3, 0.4) is 0 Å². The van der Waals surface area contributed by atoms with Crippen LogP contribution in [0.25, 0.3) is 0 Å². The first-order valence-electron chi connectivity index (χ1n) is 9.63. The van der Waals surface area contributed by atoms with E-state index in [9.17, 15) is 28.8 Å². The fourth-order valence-electron chi connectivity index (χ4n) is 2.43.